The molecule has 102 valence electrons. The van der Waals surface area contributed by atoms with Crippen molar-refractivity contribution in [2.45, 2.75) is 0 Å². The standard InChI is InChI=1S/C15H12F2N2O/c16-12-7-4-8-13(17)14(12)19-15(20)18-10-9-11-5-2-1-3-6-11/h1-10H,(H2,18,19,20)/b10-9+. The summed E-state index contributed by atoms with van der Waals surface area (Å²) in [5, 5.41) is 4.48. The molecule has 0 heterocycles. The number of rotatable bonds is 3. The van der Waals surface area contributed by atoms with Crippen molar-refractivity contribution >= 4 is 17.8 Å². The van der Waals surface area contributed by atoms with Crippen molar-refractivity contribution in [3.63, 3.8) is 0 Å². The maximum atomic E-state index is 13.3. The molecule has 0 aliphatic carbocycles. The lowest BCUT2D eigenvalue weighted by Gasteiger charge is -2.06. The summed E-state index contributed by atoms with van der Waals surface area (Å²) in [6.07, 6.45) is 3.06. The second kappa shape index (κ2) is 6.47. The second-order valence-electron chi connectivity index (χ2n) is 3.94. The molecular weight excluding hydrogens is 262 g/mol. The fourth-order valence-corrected chi connectivity index (χ4v) is 1.54. The third-order valence-electron chi connectivity index (χ3n) is 2.49. The lowest BCUT2D eigenvalue weighted by atomic mass is 10.2. The molecule has 0 aromatic heterocycles. The Bertz CT molecular complexity index is 607. The first-order chi connectivity index (χ1) is 9.66. The van der Waals surface area contributed by atoms with E-state index in [1.54, 1.807) is 6.08 Å². The molecule has 0 atom stereocenters. The van der Waals surface area contributed by atoms with Crippen molar-refractivity contribution in [3.8, 4) is 0 Å². The Labute approximate surface area is 114 Å². The van der Waals surface area contributed by atoms with E-state index in [0.29, 0.717) is 0 Å². The monoisotopic (exact) mass is 274 g/mol. The van der Waals surface area contributed by atoms with Crippen molar-refractivity contribution in [2.75, 3.05) is 5.32 Å². The van der Waals surface area contributed by atoms with Gasteiger partial charge in [0.2, 0.25) is 0 Å². The van der Waals surface area contributed by atoms with E-state index in [0.717, 1.165) is 17.7 Å². The Kier molecular flexibility index (Phi) is 4.44. The maximum Gasteiger partial charge on any atom is 0.323 e. The number of carbonyl (C=O) groups is 1. The Morgan fingerprint density at radius 3 is 2.25 bits per heavy atom. The van der Waals surface area contributed by atoms with Crippen molar-refractivity contribution in [1.29, 1.82) is 0 Å². The molecule has 3 nitrogen and oxygen atoms in total. The van der Waals surface area contributed by atoms with E-state index < -0.39 is 23.4 Å². The van der Waals surface area contributed by atoms with Crippen LogP contribution >= 0.6 is 0 Å². The van der Waals surface area contributed by atoms with Gasteiger partial charge in [0.05, 0.1) is 0 Å². The molecule has 2 aromatic carbocycles. The highest BCUT2D eigenvalue weighted by Crippen LogP contribution is 2.17. The number of nitrogens with one attached hydrogen (secondary N) is 2. The van der Waals surface area contributed by atoms with Gasteiger partial charge in [0.25, 0.3) is 0 Å². The maximum absolute atomic E-state index is 13.3. The summed E-state index contributed by atoms with van der Waals surface area (Å²) in [6, 6.07) is 11.9. The first-order valence-corrected chi connectivity index (χ1v) is 5.90. The number of hydrogen-bond acceptors (Lipinski definition) is 1. The summed E-state index contributed by atoms with van der Waals surface area (Å²) in [5.74, 6) is -1.65. The van der Waals surface area contributed by atoms with Crippen LogP contribution in [-0.4, -0.2) is 6.03 Å². The highest BCUT2D eigenvalue weighted by molar-refractivity contribution is 5.90. The van der Waals surface area contributed by atoms with Crippen LogP contribution in [0.15, 0.2) is 54.7 Å². The van der Waals surface area contributed by atoms with Gasteiger partial charge in [-0.15, -0.1) is 0 Å². The molecule has 2 rings (SSSR count). The predicted octanol–water partition coefficient (Wildman–Crippen LogP) is 3.76. The minimum atomic E-state index is -0.827. The van der Waals surface area contributed by atoms with Gasteiger partial charge < -0.3 is 10.6 Å². The van der Waals surface area contributed by atoms with Crippen LogP contribution in [0.3, 0.4) is 0 Å². The minimum Gasteiger partial charge on any atom is -0.314 e. The van der Waals surface area contributed by atoms with Crippen molar-refractivity contribution < 1.29 is 13.6 Å². The molecule has 2 aromatic rings. The number of benzene rings is 2. The summed E-state index contributed by atoms with van der Waals surface area (Å²) in [5.41, 5.74) is 0.419. The molecule has 2 N–H and O–H groups in total. The van der Waals surface area contributed by atoms with Crippen LogP contribution in [0.5, 0.6) is 0 Å². The van der Waals surface area contributed by atoms with E-state index in [-0.39, 0.29) is 0 Å². The van der Waals surface area contributed by atoms with Gasteiger partial charge in [-0.25, -0.2) is 13.6 Å². The van der Waals surface area contributed by atoms with Gasteiger partial charge >= 0.3 is 6.03 Å². The van der Waals surface area contributed by atoms with Crippen LogP contribution in [0.4, 0.5) is 19.3 Å². The molecule has 0 aliphatic heterocycles. The van der Waals surface area contributed by atoms with Crippen LogP contribution < -0.4 is 10.6 Å². The van der Waals surface area contributed by atoms with Gasteiger partial charge in [-0.1, -0.05) is 36.4 Å². The first-order valence-electron chi connectivity index (χ1n) is 5.90. The van der Waals surface area contributed by atoms with Gasteiger partial charge in [0.15, 0.2) is 0 Å². The molecule has 0 spiro atoms. The molecule has 0 aliphatic rings. The van der Waals surface area contributed by atoms with E-state index in [1.807, 2.05) is 30.3 Å². The van der Waals surface area contributed by atoms with Gasteiger partial charge in [-0.2, -0.15) is 0 Å². The Hall–Kier alpha value is -2.69. The van der Waals surface area contributed by atoms with Gasteiger partial charge in [-0.3, -0.25) is 0 Å². The number of anilines is 1. The number of urea groups is 1. The summed E-state index contributed by atoms with van der Waals surface area (Å²) < 4.78 is 26.6. The molecule has 0 saturated heterocycles. The van der Waals surface area contributed by atoms with Crippen LogP contribution in [-0.2, 0) is 0 Å². The fraction of sp³-hybridized carbons (Fsp3) is 0. The summed E-state index contributed by atoms with van der Waals surface area (Å²) in [7, 11) is 0. The number of carbonyl (C=O) groups excluding carboxylic acids is 1. The van der Waals surface area contributed by atoms with E-state index in [9.17, 15) is 13.6 Å². The Morgan fingerprint density at radius 1 is 0.950 bits per heavy atom. The number of para-hydroxylation sites is 1. The van der Waals surface area contributed by atoms with E-state index >= 15 is 0 Å². The summed E-state index contributed by atoms with van der Waals surface area (Å²) in [4.78, 5) is 11.5. The number of amides is 2. The zero-order valence-corrected chi connectivity index (χ0v) is 10.4. The number of halogens is 2. The highest BCUT2D eigenvalue weighted by Gasteiger charge is 2.10. The zero-order valence-electron chi connectivity index (χ0n) is 10.4. The van der Waals surface area contributed by atoms with E-state index in [2.05, 4.69) is 10.6 Å². The normalized spacial score (nSPS) is 10.5. The topological polar surface area (TPSA) is 41.1 Å². The lowest BCUT2D eigenvalue weighted by Crippen LogP contribution is -2.24. The van der Waals surface area contributed by atoms with Gasteiger partial charge in [-0.05, 0) is 23.8 Å². The molecule has 2 amide bonds. The zero-order chi connectivity index (χ0) is 14.4. The Balaban J connectivity index is 1.95. The quantitative estimate of drug-likeness (QED) is 0.879. The summed E-state index contributed by atoms with van der Waals surface area (Å²) in [6.45, 7) is 0. The van der Waals surface area contributed by atoms with E-state index in [1.165, 1.54) is 12.3 Å². The second-order valence-corrected chi connectivity index (χ2v) is 3.94. The third-order valence-corrected chi connectivity index (χ3v) is 2.49. The number of hydrogen-bond donors (Lipinski definition) is 2. The fourth-order valence-electron chi connectivity index (χ4n) is 1.54. The van der Waals surface area contributed by atoms with Crippen molar-refractivity contribution in [1.82, 2.24) is 5.32 Å². The van der Waals surface area contributed by atoms with Crippen LogP contribution in [0, 0.1) is 11.6 Å². The molecule has 0 saturated carbocycles. The SMILES string of the molecule is O=C(N/C=C/c1ccccc1)Nc1c(F)cccc1F. The molecule has 0 bridgehead atoms. The molecule has 0 fully saturated rings. The predicted molar refractivity (Wildman–Crippen MR) is 74.0 cm³/mol. The van der Waals surface area contributed by atoms with Gasteiger partial charge in [0.1, 0.15) is 17.3 Å². The molecule has 0 unspecified atom stereocenters. The van der Waals surface area contributed by atoms with Crippen LogP contribution in [0.25, 0.3) is 6.08 Å². The van der Waals surface area contributed by atoms with E-state index in [4.69, 9.17) is 0 Å². The summed E-state index contributed by atoms with van der Waals surface area (Å²) >= 11 is 0. The molecular formula is C15H12F2N2O. The minimum absolute atomic E-state index is 0.474. The molecule has 20 heavy (non-hydrogen) atoms. The van der Waals surface area contributed by atoms with Crippen LogP contribution in [0.2, 0.25) is 0 Å². The first kappa shape index (κ1) is 13.7. The highest BCUT2D eigenvalue weighted by atomic mass is 19.1. The lowest BCUT2D eigenvalue weighted by molar-refractivity contribution is 0.255. The van der Waals surface area contributed by atoms with Crippen LogP contribution in [0.1, 0.15) is 5.56 Å². The average molecular weight is 274 g/mol. The van der Waals surface area contributed by atoms with Crippen molar-refractivity contribution in [3.05, 3.63) is 71.9 Å². The molecule has 0 radical (unpaired) electrons. The smallest absolute Gasteiger partial charge is 0.314 e. The third kappa shape index (κ3) is 3.65. The van der Waals surface area contributed by atoms with Gasteiger partial charge in [0, 0.05) is 6.20 Å². The Morgan fingerprint density at radius 2 is 1.60 bits per heavy atom. The van der Waals surface area contributed by atoms with Crippen molar-refractivity contribution in [2.24, 2.45) is 0 Å². The molecule has 5 heteroatoms. The largest absolute Gasteiger partial charge is 0.323 e. The average Bonchev–Trinajstić information content (AvgIpc) is 2.44.